The van der Waals surface area contributed by atoms with E-state index < -0.39 is 10.8 Å². The average molecular weight is 468 g/mol. The van der Waals surface area contributed by atoms with Gasteiger partial charge in [0.25, 0.3) is 11.6 Å². The van der Waals surface area contributed by atoms with E-state index in [2.05, 4.69) is 25.9 Å². The number of nitrogens with zero attached hydrogens (tertiary/aromatic N) is 5. The third kappa shape index (κ3) is 4.31. The van der Waals surface area contributed by atoms with Gasteiger partial charge in [0, 0.05) is 35.4 Å². The standard InChI is InChI=1S/C20H17N7O3S2/c1-3-16-23-24-20-26(16)25-18(32-20)13-7-8-15(11(2)9-13)21-19(31)22-17(28)12-5-4-6-14(10-12)27(29)30/h4-10H,3H2,1-2H3,(H2,21,22,28,31). The van der Waals surface area contributed by atoms with Crippen LogP contribution >= 0.6 is 23.6 Å². The minimum absolute atomic E-state index is 0.0868. The van der Waals surface area contributed by atoms with Gasteiger partial charge in [0.05, 0.1) is 4.92 Å². The van der Waals surface area contributed by atoms with Crippen molar-refractivity contribution < 1.29 is 9.72 Å². The first-order valence-electron chi connectivity index (χ1n) is 9.54. The molecule has 0 spiro atoms. The highest BCUT2D eigenvalue weighted by Gasteiger charge is 2.15. The number of nitro benzene ring substituents is 1. The molecule has 2 heterocycles. The zero-order chi connectivity index (χ0) is 22.8. The SMILES string of the molecule is CCc1nnc2sc(-c3ccc(NC(=S)NC(=O)c4cccc([N+](=O)[O-])c4)c(C)c3)nn12. The highest BCUT2D eigenvalue weighted by atomic mass is 32.1. The molecule has 0 saturated heterocycles. The third-order valence-corrected chi connectivity index (χ3v) is 5.79. The highest BCUT2D eigenvalue weighted by molar-refractivity contribution is 7.80. The summed E-state index contributed by atoms with van der Waals surface area (Å²) >= 11 is 6.69. The fourth-order valence-corrected chi connectivity index (χ4v) is 4.08. The maximum Gasteiger partial charge on any atom is 0.270 e. The molecule has 2 aromatic heterocycles. The quantitative estimate of drug-likeness (QED) is 0.258. The summed E-state index contributed by atoms with van der Waals surface area (Å²) in [5.41, 5.74) is 2.52. The largest absolute Gasteiger partial charge is 0.332 e. The predicted octanol–water partition coefficient (Wildman–Crippen LogP) is 3.76. The number of anilines is 1. The molecule has 0 unspecified atom stereocenters. The first kappa shape index (κ1) is 21.5. The number of aryl methyl sites for hydroxylation is 2. The predicted molar refractivity (Wildman–Crippen MR) is 125 cm³/mol. The molecule has 0 bridgehead atoms. The van der Waals surface area contributed by atoms with Gasteiger partial charge >= 0.3 is 0 Å². The number of nitro groups is 1. The van der Waals surface area contributed by atoms with Crippen molar-refractivity contribution in [3.63, 3.8) is 0 Å². The van der Waals surface area contributed by atoms with Crippen molar-refractivity contribution in [3.8, 4) is 10.6 Å². The Balaban J connectivity index is 1.46. The number of aromatic nitrogens is 4. The number of rotatable bonds is 5. The lowest BCUT2D eigenvalue weighted by Gasteiger charge is -2.12. The van der Waals surface area contributed by atoms with Gasteiger partial charge in [-0.3, -0.25) is 20.2 Å². The number of nitrogens with one attached hydrogen (secondary N) is 2. The van der Waals surface area contributed by atoms with Gasteiger partial charge in [-0.1, -0.05) is 24.3 Å². The van der Waals surface area contributed by atoms with Crippen molar-refractivity contribution in [1.29, 1.82) is 0 Å². The molecule has 0 aliphatic heterocycles. The zero-order valence-corrected chi connectivity index (χ0v) is 18.7. The van der Waals surface area contributed by atoms with Crippen LogP contribution in [0.2, 0.25) is 0 Å². The first-order valence-corrected chi connectivity index (χ1v) is 10.8. The molecule has 0 radical (unpaired) electrons. The van der Waals surface area contributed by atoms with Crippen LogP contribution in [0.4, 0.5) is 11.4 Å². The van der Waals surface area contributed by atoms with Crippen molar-refractivity contribution >= 4 is 50.9 Å². The van der Waals surface area contributed by atoms with Gasteiger partial charge in [0.1, 0.15) is 5.01 Å². The molecule has 2 aromatic carbocycles. The van der Waals surface area contributed by atoms with Crippen molar-refractivity contribution in [2.45, 2.75) is 20.3 Å². The second kappa shape index (κ2) is 8.77. The number of hydrogen-bond acceptors (Lipinski definition) is 8. The number of amides is 1. The zero-order valence-electron chi connectivity index (χ0n) is 17.0. The molecular formula is C20H17N7O3S2. The normalized spacial score (nSPS) is 10.8. The van der Waals surface area contributed by atoms with E-state index >= 15 is 0 Å². The Morgan fingerprint density at radius 3 is 2.78 bits per heavy atom. The van der Waals surface area contributed by atoms with E-state index in [4.69, 9.17) is 12.2 Å². The number of non-ortho nitro benzene ring substituents is 1. The van der Waals surface area contributed by atoms with Gasteiger partial charge in [-0.25, -0.2) is 0 Å². The van der Waals surface area contributed by atoms with Crippen LogP contribution in [0.5, 0.6) is 0 Å². The molecular weight excluding hydrogens is 450 g/mol. The summed E-state index contributed by atoms with van der Waals surface area (Å²) in [6.45, 7) is 3.91. The Morgan fingerprint density at radius 2 is 2.06 bits per heavy atom. The third-order valence-electron chi connectivity index (χ3n) is 4.64. The van der Waals surface area contributed by atoms with Gasteiger partial charge < -0.3 is 5.32 Å². The molecule has 0 aliphatic carbocycles. The van der Waals surface area contributed by atoms with E-state index in [0.717, 1.165) is 39.0 Å². The molecule has 4 rings (SSSR count). The van der Waals surface area contributed by atoms with E-state index in [-0.39, 0.29) is 16.4 Å². The lowest BCUT2D eigenvalue weighted by molar-refractivity contribution is -0.384. The van der Waals surface area contributed by atoms with Gasteiger partial charge in [0.2, 0.25) is 4.96 Å². The van der Waals surface area contributed by atoms with Crippen molar-refractivity contribution in [2.24, 2.45) is 0 Å². The average Bonchev–Trinajstić information content (AvgIpc) is 3.36. The van der Waals surface area contributed by atoms with Crippen molar-refractivity contribution in [3.05, 3.63) is 69.5 Å². The minimum Gasteiger partial charge on any atom is -0.332 e. The molecule has 0 atom stereocenters. The van der Waals surface area contributed by atoms with E-state index in [1.54, 1.807) is 4.52 Å². The summed E-state index contributed by atoms with van der Waals surface area (Å²) in [4.78, 5) is 23.5. The van der Waals surface area contributed by atoms with Gasteiger partial charge in [-0.15, -0.1) is 10.2 Å². The first-order chi connectivity index (χ1) is 15.4. The van der Waals surface area contributed by atoms with E-state index in [1.807, 2.05) is 32.0 Å². The summed E-state index contributed by atoms with van der Waals surface area (Å²) in [5, 5.41) is 30.2. The Bertz CT molecular complexity index is 1360. The van der Waals surface area contributed by atoms with E-state index in [9.17, 15) is 14.9 Å². The molecule has 1 amide bonds. The van der Waals surface area contributed by atoms with Crippen LogP contribution in [0.15, 0.2) is 42.5 Å². The van der Waals surface area contributed by atoms with Crippen LogP contribution in [-0.4, -0.2) is 35.8 Å². The molecule has 0 fully saturated rings. The second-order valence-electron chi connectivity index (χ2n) is 6.82. The molecule has 2 N–H and O–H groups in total. The Morgan fingerprint density at radius 1 is 1.25 bits per heavy atom. The summed E-state index contributed by atoms with van der Waals surface area (Å²) in [6, 6.07) is 11.2. The molecule has 10 nitrogen and oxygen atoms in total. The fourth-order valence-electron chi connectivity index (χ4n) is 3.02. The van der Waals surface area contributed by atoms with Crippen molar-refractivity contribution in [2.75, 3.05) is 5.32 Å². The molecule has 12 heteroatoms. The molecule has 32 heavy (non-hydrogen) atoms. The maximum absolute atomic E-state index is 12.4. The number of carbonyl (C=O) groups excluding carboxylic acids is 1. The molecule has 162 valence electrons. The topological polar surface area (TPSA) is 127 Å². The smallest absolute Gasteiger partial charge is 0.270 e. The van der Waals surface area contributed by atoms with Gasteiger partial charge in [-0.05, 0) is 49.0 Å². The maximum atomic E-state index is 12.4. The summed E-state index contributed by atoms with van der Waals surface area (Å²) in [6.07, 6.45) is 0.742. The Kier molecular flexibility index (Phi) is 5.88. The summed E-state index contributed by atoms with van der Waals surface area (Å²) < 4.78 is 1.75. The molecule has 0 saturated carbocycles. The van der Waals surface area contributed by atoms with Crippen LogP contribution < -0.4 is 10.6 Å². The van der Waals surface area contributed by atoms with Crippen LogP contribution in [0.1, 0.15) is 28.7 Å². The monoisotopic (exact) mass is 467 g/mol. The highest BCUT2D eigenvalue weighted by Crippen LogP contribution is 2.28. The number of fused-ring (bicyclic) bond motifs is 1. The molecule has 4 aromatic rings. The number of thiocarbonyl (C=S) groups is 1. The minimum atomic E-state index is -0.558. The van der Waals surface area contributed by atoms with Crippen LogP contribution in [-0.2, 0) is 6.42 Å². The van der Waals surface area contributed by atoms with Gasteiger partial charge in [0.15, 0.2) is 10.9 Å². The fraction of sp³-hybridized carbons (Fsp3) is 0.150. The number of hydrogen-bond donors (Lipinski definition) is 2. The van der Waals surface area contributed by atoms with Crippen LogP contribution in [0.3, 0.4) is 0 Å². The summed E-state index contributed by atoms with van der Waals surface area (Å²) in [7, 11) is 0. The van der Waals surface area contributed by atoms with E-state index in [0.29, 0.717) is 0 Å². The Hall–Kier alpha value is -3.77. The lowest BCUT2D eigenvalue weighted by atomic mass is 10.1. The number of benzene rings is 2. The van der Waals surface area contributed by atoms with Crippen LogP contribution in [0.25, 0.3) is 15.5 Å². The Labute approximate surface area is 191 Å². The number of carbonyl (C=O) groups is 1. The molecule has 0 aliphatic rings. The lowest BCUT2D eigenvalue weighted by Crippen LogP contribution is -2.34. The van der Waals surface area contributed by atoms with Crippen molar-refractivity contribution in [1.82, 2.24) is 25.1 Å². The summed E-state index contributed by atoms with van der Waals surface area (Å²) in [5.74, 6) is 0.272. The second-order valence-corrected chi connectivity index (χ2v) is 8.18. The van der Waals surface area contributed by atoms with Gasteiger partial charge in [-0.2, -0.15) is 9.61 Å². The van der Waals surface area contributed by atoms with Crippen LogP contribution in [0, 0.1) is 17.0 Å². The van der Waals surface area contributed by atoms with E-state index in [1.165, 1.54) is 35.6 Å².